The Kier molecular flexibility index (Phi) is 12.3. The second kappa shape index (κ2) is 15.5. The van der Waals surface area contributed by atoms with Crippen molar-refractivity contribution in [1.82, 2.24) is 0 Å². The zero-order chi connectivity index (χ0) is 41.1. The Hall–Kier alpha value is -2.27. The van der Waals surface area contributed by atoms with Crippen molar-refractivity contribution in [3.8, 4) is 0 Å². The summed E-state index contributed by atoms with van der Waals surface area (Å²) in [6.07, 6.45) is -11.9. The number of Topliss-reactive ketones (excluding diaryl/α,β-unsaturated/α-hetero) is 1. The Morgan fingerprint density at radius 3 is 1.98 bits per heavy atom. The average Bonchev–Trinajstić information content (AvgIpc) is 3.07. The molecule has 55 heavy (non-hydrogen) atoms. The summed E-state index contributed by atoms with van der Waals surface area (Å²) in [5.74, 6) is -4.48. The monoisotopic (exact) mass is 892 g/mol. The van der Waals surface area contributed by atoms with E-state index in [1.54, 1.807) is 18.2 Å². The molecule has 5 rings (SSSR count). The van der Waals surface area contributed by atoms with Crippen molar-refractivity contribution in [2.24, 2.45) is 16.7 Å². The normalized spacial score (nSPS) is 34.0. The van der Waals surface area contributed by atoms with E-state index in [9.17, 15) is 29.4 Å². The summed E-state index contributed by atoms with van der Waals surface area (Å²) in [6, 6.07) is 7.71. The van der Waals surface area contributed by atoms with Crippen LogP contribution in [0.15, 0.2) is 41.5 Å². The van der Waals surface area contributed by atoms with E-state index in [0.29, 0.717) is 0 Å². The Bertz CT molecular complexity index is 1740. The van der Waals surface area contributed by atoms with Crippen LogP contribution in [0, 0.1) is 16.7 Å². The predicted octanol–water partition coefficient (Wildman–Crippen LogP) is 6.14. The highest BCUT2D eigenvalue weighted by Crippen LogP contribution is 2.64. The summed E-state index contributed by atoms with van der Waals surface area (Å²) in [4.78, 5) is 69.2. The van der Waals surface area contributed by atoms with Gasteiger partial charge in [0.1, 0.15) is 37.1 Å². The highest BCUT2D eigenvalue weighted by Gasteiger charge is 2.79. The predicted molar refractivity (Wildman–Crippen MR) is 196 cm³/mol. The fourth-order valence-electron chi connectivity index (χ4n) is 8.45. The van der Waals surface area contributed by atoms with Gasteiger partial charge in [-0.05, 0) is 37.1 Å². The summed E-state index contributed by atoms with van der Waals surface area (Å²) >= 11 is 34.7. The number of carbonyl (C=O) groups excluding carboxylic acids is 5. The van der Waals surface area contributed by atoms with Crippen LogP contribution in [0.3, 0.4) is 0 Å². The van der Waals surface area contributed by atoms with Gasteiger partial charge < -0.3 is 43.4 Å². The lowest BCUT2D eigenvalue weighted by molar-refractivity contribution is -0.346. The zero-order valence-corrected chi connectivity index (χ0v) is 34.5. The van der Waals surface area contributed by atoms with E-state index in [0.717, 1.165) is 6.92 Å². The first-order valence-electron chi connectivity index (χ1n) is 16.8. The van der Waals surface area contributed by atoms with Gasteiger partial charge in [-0.1, -0.05) is 102 Å². The smallest absolute Gasteiger partial charge is 0.455 e. The van der Waals surface area contributed by atoms with Gasteiger partial charge in [0.25, 0.3) is 0 Å². The number of benzene rings is 1. The molecule has 1 saturated heterocycles. The van der Waals surface area contributed by atoms with Crippen molar-refractivity contribution in [1.29, 1.82) is 0 Å². The standard InChI is InChI=1S/C35H38Cl6O14/c1-16-19(43)12-33(48)26(54-27(45)18-9-7-6-8-10-18)24-31(5,25(44)23(22(16)30(33,3)4)53-29(47)51-15-35(39,40)41)20(52-28(46)50-14-34(36,37)38)11-21-32(24,13-49-21)55-17(2)42/h6-10,19-21,23-24,26,43,48H,11-15H2,1-5H3/t19-,20-,21?,23+,24-,26-,31+,32-,33+/m0/s1. The Morgan fingerprint density at radius 1 is 0.909 bits per heavy atom. The molecule has 20 heteroatoms. The largest absolute Gasteiger partial charge is 0.509 e. The van der Waals surface area contributed by atoms with E-state index in [1.165, 1.54) is 39.8 Å². The third-order valence-corrected chi connectivity index (χ3v) is 11.7. The molecule has 14 nitrogen and oxygen atoms in total. The van der Waals surface area contributed by atoms with Gasteiger partial charge in [-0.2, -0.15) is 0 Å². The maximum Gasteiger partial charge on any atom is 0.509 e. The fourth-order valence-corrected chi connectivity index (χ4v) is 8.78. The van der Waals surface area contributed by atoms with Gasteiger partial charge >= 0.3 is 24.2 Å². The lowest BCUT2D eigenvalue weighted by atomic mass is 9.44. The van der Waals surface area contributed by atoms with E-state index in [2.05, 4.69) is 0 Å². The highest BCUT2D eigenvalue weighted by molar-refractivity contribution is 6.68. The van der Waals surface area contributed by atoms with Gasteiger partial charge in [-0.15, -0.1) is 0 Å². The average molecular weight is 895 g/mol. The molecule has 0 amide bonds. The maximum atomic E-state index is 15.6. The minimum Gasteiger partial charge on any atom is -0.455 e. The third kappa shape index (κ3) is 8.22. The molecule has 9 atom stereocenters. The molecule has 1 aromatic carbocycles. The van der Waals surface area contributed by atoms with E-state index >= 15 is 4.79 Å². The quantitative estimate of drug-likeness (QED) is 0.137. The van der Waals surface area contributed by atoms with Gasteiger partial charge in [-0.25, -0.2) is 14.4 Å². The van der Waals surface area contributed by atoms with Gasteiger partial charge in [-0.3, -0.25) is 9.59 Å². The van der Waals surface area contributed by atoms with Gasteiger partial charge in [0.2, 0.25) is 7.59 Å². The highest BCUT2D eigenvalue weighted by atomic mass is 35.6. The van der Waals surface area contributed by atoms with Gasteiger partial charge in [0.05, 0.1) is 29.6 Å². The van der Waals surface area contributed by atoms with Crippen LogP contribution in [0.1, 0.15) is 57.8 Å². The number of aliphatic hydroxyl groups excluding tert-OH is 1. The number of halogens is 6. The molecule has 1 aromatic rings. The van der Waals surface area contributed by atoms with Crippen LogP contribution < -0.4 is 0 Å². The third-order valence-electron chi connectivity index (χ3n) is 11.1. The lowest BCUT2D eigenvalue weighted by Crippen LogP contribution is -2.82. The zero-order valence-electron chi connectivity index (χ0n) is 29.9. The van der Waals surface area contributed by atoms with Crippen molar-refractivity contribution in [3.05, 3.63) is 47.0 Å². The van der Waals surface area contributed by atoms with Crippen molar-refractivity contribution in [3.63, 3.8) is 0 Å². The number of ketones is 1. The summed E-state index contributed by atoms with van der Waals surface area (Å²) in [5, 5.41) is 24.8. The van der Waals surface area contributed by atoms with Gasteiger partial charge in [0.15, 0.2) is 17.5 Å². The number of fused-ring (bicyclic) bond motifs is 5. The molecule has 2 bridgehead atoms. The molecule has 0 spiro atoms. The molecule has 0 radical (unpaired) electrons. The fraction of sp³-hybridized carbons (Fsp3) is 0.629. The summed E-state index contributed by atoms with van der Waals surface area (Å²) < 4.78 is 35.6. The minimum absolute atomic E-state index is 0.0436. The number of esters is 2. The first kappa shape index (κ1) is 43.8. The van der Waals surface area contributed by atoms with Crippen molar-refractivity contribution >= 4 is 99.6 Å². The SMILES string of the molecule is CC(=O)O[C@@]12COC1C[C@H](OC(=O)OCC(Cl)(Cl)Cl)[C@@]1(C)C(=O)[C@H](OC(=O)OCC(Cl)(Cl)Cl)C3=C(C)[C@@H](O)C[C@@](O)([C@@H](OC(=O)c4ccccc4)[C@@H]12)C3(C)C. The summed E-state index contributed by atoms with van der Waals surface area (Å²) in [6.45, 7) is 4.91. The van der Waals surface area contributed by atoms with E-state index < -0.39 is 116 Å². The molecule has 3 fully saturated rings. The van der Waals surface area contributed by atoms with Gasteiger partial charge in [0, 0.05) is 25.2 Å². The number of hydrogen-bond acceptors (Lipinski definition) is 14. The second-order valence-corrected chi connectivity index (χ2v) is 19.7. The second-order valence-electron chi connectivity index (χ2n) is 14.7. The Labute approximate surface area is 345 Å². The molecule has 4 aliphatic rings. The molecule has 1 heterocycles. The Morgan fingerprint density at radius 2 is 1.47 bits per heavy atom. The molecule has 304 valence electrons. The van der Waals surface area contributed by atoms with Crippen LogP contribution in [-0.4, -0.2) is 109 Å². The van der Waals surface area contributed by atoms with Crippen LogP contribution >= 0.6 is 69.6 Å². The molecule has 1 aliphatic heterocycles. The van der Waals surface area contributed by atoms with Crippen molar-refractivity contribution < 1.29 is 67.3 Å². The Balaban J connectivity index is 1.80. The number of aliphatic hydroxyl groups is 2. The lowest BCUT2D eigenvalue weighted by Gasteiger charge is -2.67. The molecule has 1 unspecified atom stereocenters. The maximum absolute atomic E-state index is 15.6. The molecule has 3 aliphatic carbocycles. The molecule has 0 aromatic heterocycles. The minimum atomic E-state index is -2.37. The van der Waals surface area contributed by atoms with E-state index in [4.69, 9.17) is 103 Å². The van der Waals surface area contributed by atoms with Crippen LogP contribution in [0.5, 0.6) is 0 Å². The first-order valence-corrected chi connectivity index (χ1v) is 19.1. The molecular formula is C35H38Cl6O14. The number of hydrogen-bond donors (Lipinski definition) is 2. The van der Waals surface area contributed by atoms with E-state index in [1.807, 2.05) is 0 Å². The van der Waals surface area contributed by atoms with Crippen LogP contribution in [0.25, 0.3) is 0 Å². The van der Waals surface area contributed by atoms with Crippen LogP contribution in [0.2, 0.25) is 0 Å². The van der Waals surface area contributed by atoms with Crippen molar-refractivity contribution in [2.45, 2.75) is 96.8 Å². The number of alkyl halides is 6. The molecule has 2 saturated carbocycles. The van der Waals surface area contributed by atoms with Crippen LogP contribution in [-0.2, 0) is 42.7 Å². The number of rotatable bonds is 7. The summed E-state index contributed by atoms with van der Waals surface area (Å²) in [7, 11) is 0. The van der Waals surface area contributed by atoms with Crippen LogP contribution in [0.4, 0.5) is 9.59 Å². The number of carbonyl (C=O) groups is 5. The first-order chi connectivity index (χ1) is 25.3. The molecular weight excluding hydrogens is 857 g/mol. The topological polar surface area (TPSA) is 190 Å². The summed E-state index contributed by atoms with van der Waals surface area (Å²) in [5.41, 5.74) is -8.11. The molecule has 2 N–H and O–H groups in total. The number of ether oxygens (including phenoxy) is 7. The van der Waals surface area contributed by atoms with Crippen molar-refractivity contribution in [2.75, 3.05) is 19.8 Å². The van der Waals surface area contributed by atoms with E-state index in [-0.39, 0.29) is 29.7 Å².